The zero-order valence-electron chi connectivity index (χ0n) is 16.1. The van der Waals surface area contributed by atoms with Gasteiger partial charge in [0, 0.05) is 17.7 Å². The molecule has 0 saturated carbocycles. The lowest BCUT2D eigenvalue weighted by Gasteiger charge is -2.13. The van der Waals surface area contributed by atoms with Gasteiger partial charge in [0.2, 0.25) is 0 Å². The van der Waals surface area contributed by atoms with Gasteiger partial charge in [0.15, 0.2) is 0 Å². The molecule has 2 amide bonds. The number of nitro benzene ring substituents is 1. The van der Waals surface area contributed by atoms with Crippen LogP contribution in [0, 0.1) is 10.1 Å². The third-order valence-corrected chi connectivity index (χ3v) is 3.96. The fourth-order valence-corrected chi connectivity index (χ4v) is 2.33. The number of hydrogen-bond donors (Lipinski definition) is 3. The van der Waals surface area contributed by atoms with Crippen molar-refractivity contribution < 1.29 is 29.2 Å². The van der Waals surface area contributed by atoms with Crippen molar-refractivity contribution in [2.45, 2.75) is 13.0 Å². The number of aliphatic carboxylic acids is 1. The molecule has 10 heteroatoms. The Hall–Kier alpha value is -4.21. The van der Waals surface area contributed by atoms with E-state index in [0.29, 0.717) is 5.75 Å². The van der Waals surface area contributed by atoms with Crippen LogP contribution >= 0.6 is 0 Å². The first-order chi connectivity index (χ1) is 14.2. The molecule has 156 valence electrons. The topological polar surface area (TPSA) is 148 Å². The number of ether oxygens (including phenoxy) is 1. The molecule has 0 spiro atoms. The number of benzene rings is 2. The molecule has 1 atom stereocenters. The first-order valence-corrected chi connectivity index (χ1v) is 8.66. The Morgan fingerprint density at radius 1 is 1.17 bits per heavy atom. The summed E-state index contributed by atoms with van der Waals surface area (Å²) in [6.07, 6.45) is 1.22. The lowest BCUT2D eigenvalue weighted by Crippen LogP contribution is -2.42. The third-order valence-electron chi connectivity index (χ3n) is 3.96. The predicted molar refractivity (Wildman–Crippen MR) is 107 cm³/mol. The van der Waals surface area contributed by atoms with Gasteiger partial charge >= 0.3 is 5.97 Å². The molecular weight excluding hydrogens is 394 g/mol. The smallest absolute Gasteiger partial charge is 0.325 e. The van der Waals surface area contributed by atoms with Crippen LogP contribution in [0.5, 0.6) is 5.75 Å². The van der Waals surface area contributed by atoms with Crippen LogP contribution in [0.4, 0.5) is 5.69 Å². The molecular formula is C20H19N3O7. The van der Waals surface area contributed by atoms with Gasteiger partial charge in [-0.2, -0.15) is 0 Å². The molecule has 0 heterocycles. The maximum Gasteiger partial charge on any atom is 0.325 e. The maximum atomic E-state index is 12.5. The molecule has 2 aromatic carbocycles. The van der Waals surface area contributed by atoms with E-state index in [4.69, 9.17) is 9.84 Å². The van der Waals surface area contributed by atoms with E-state index in [9.17, 15) is 24.5 Å². The normalized spacial score (nSPS) is 11.9. The van der Waals surface area contributed by atoms with Gasteiger partial charge in [0.05, 0.1) is 12.0 Å². The van der Waals surface area contributed by atoms with Crippen molar-refractivity contribution in [1.29, 1.82) is 0 Å². The Morgan fingerprint density at radius 2 is 1.83 bits per heavy atom. The third kappa shape index (κ3) is 5.89. The van der Waals surface area contributed by atoms with Crippen LogP contribution in [-0.2, 0) is 9.59 Å². The summed E-state index contributed by atoms with van der Waals surface area (Å²) in [4.78, 5) is 46.5. The second-order valence-corrected chi connectivity index (χ2v) is 6.13. The van der Waals surface area contributed by atoms with Crippen LogP contribution in [0.1, 0.15) is 22.8 Å². The molecule has 3 N–H and O–H groups in total. The van der Waals surface area contributed by atoms with E-state index >= 15 is 0 Å². The van der Waals surface area contributed by atoms with E-state index in [1.165, 1.54) is 56.5 Å². The largest absolute Gasteiger partial charge is 0.497 e. The zero-order chi connectivity index (χ0) is 22.3. The van der Waals surface area contributed by atoms with Gasteiger partial charge in [0.1, 0.15) is 17.5 Å². The minimum atomic E-state index is -1.26. The number of carboxylic acid groups (broad SMARTS) is 1. The van der Waals surface area contributed by atoms with Gasteiger partial charge in [-0.3, -0.25) is 24.5 Å². The monoisotopic (exact) mass is 413 g/mol. The predicted octanol–water partition coefficient (Wildman–Crippen LogP) is 1.96. The molecule has 0 fully saturated rings. The number of carboxylic acids is 1. The van der Waals surface area contributed by atoms with Crippen LogP contribution in [0.3, 0.4) is 0 Å². The van der Waals surface area contributed by atoms with Gasteiger partial charge in [-0.15, -0.1) is 0 Å². The van der Waals surface area contributed by atoms with Crippen LogP contribution in [-0.4, -0.2) is 41.0 Å². The summed E-state index contributed by atoms with van der Waals surface area (Å²) in [6.45, 7) is 1.26. The first kappa shape index (κ1) is 22.1. The minimum absolute atomic E-state index is 0.205. The molecule has 0 saturated heterocycles. The van der Waals surface area contributed by atoms with Crippen LogP contribution in [0.25, 0.3) is 6.08 Å². The van der Waals surface area contributed by atoms with Crippen molar-refractivity contribution in [3.63, 3.8) is 0 Å². The van der Waals surface area contributed by atoms with E-state index in [-0.39, 0.29) is 22.5 Å². The SMILES string of the molecule is COc1ccc(C(=O)N/C(=C\c2cccc([N+](=O)[O-])c2)C(=O)N[C@H](C)C(=O)O)cc1. The summed E-state index contributed by atoms with van der Waals surface area (Å²) in [5.74, 6) is -2.22. The Morgan fingerprint density at radius 3 is 2.40 bits per heavy atom. The lowest BCUT2D eigenvalue weighted by atomic mass is 10.1. The number of rotatable bonds is 8. The van der Waals surface area contributed by atoms with Gasteiger partial charge in [0.25, 0.3) is 17.5 Å². The van der Waals surface area contributed by atoms with Crippen molar-refractivity contribution >= 4 is 29.5 Å². The summed E-state index contributed by atoms with van der Waals surface area (Å²) in [6, 6.07) is 10.3. The van der Waals surface area contributed by atoms with Gasteiger partial charge in [-0.25, -0.2) is 0 Å². The number of hydrogen-bond acceptors (Lipinski definition) is 6. The fraction of sp³-hybridized carbons (Fsp3) is 0.150. The van der Waals surface area contributed by atoms with Crippen molar-refractivity contribution in [3.8, 4) is 5.75 Å². The summed E-state index contributed by atoms with van der Waals surface area (Å²) < 4.78 is 5.03. The van der Waals surface area contributed by atoms with Crippen molar-refractivity contribution in [2.24, 2.45) is 0 Å². The van der Waals surface area contributed by atoms with Crippen LogP contribution < -0.4 is 15.4 Å². The fourth-order valence-electron chi connectivity index (χ4n) is 2.33. The number of nitro groups is 1. The zero-order valence-corrected chi connectivity index (χ0v) is 16.1. The minimum Gasteiger partial charge on any atom is -0.497 e. The molecule has 0 aliphatic rings. The average Bonchev–Trinajstić information content (AvgIpc) is 2.73. The van der Waals surface area contributed by atoms with Crippen LogP contribution in [0.15, 0.2) is 54.2 Å². The van der Waals surface area contributed by atoms with Crippen LogP contribution in [0.2, 0.25) is 0 Å². The number of nitrogens with one attached hydrogen (secondary N) is 2. The number of methoxy groups -OCH3 is 1. The maximum absolute atomic E-state index is 12.5. The van der Waals surface area contributed by atoms with Crippen molar-refractivity contribution in [2.75, 3.05) is 7.11 Å². The quantitative estimate of drug-likeness (QED) is 0.340. The number of carbonyl (C=O) groups excluding carboxylic acids is 2. The molecule has 0 radical (unpaired) electrons. The Kier molecular flexibility index (Phi) is 7.23. The van der Waals surface area contributed by atoms with Crippen molar-refractivity contribution in [1.82, 2.24) is 10.6 Å². The molecule has 0 aliphatic carbocycles. The second kappa shape index (κ2) is 9.82. The molecule has 0 aromatic heterocycles. The van der Waals surface area contributed by atoms with E-state index < -0.39 is 28.7 Å². The highest BCUT2D eigenvalue weighted by Gasteiger charge is 2.20. The standard InChI is InChI=1S/C20H19N3O7/c1-12(20(26)27)21-19(25)17(11-13-4-3-5-15(10-13)23(28)29)22-18(24)14-6-8-16(30-2)9-7-14/h3-12H,1-2H3,(H,21,25)(H,22,24)(H,26,27)/b17-11-/t12-/m1/s1. The number of carbonyl (C=O) groups is 3. The molecule has 2 aromatic rings. The van der Waals surface area contributed by atoms with Crippen molar-refractivity contribution in [3.05, 3.63) is 75.5 Å². The second-order valence-electron chi connectivity index (χ2n) is 6.13. The lowest BCUT2D eigenvalue weighted by molar-refractivity contribution is -0.384. The summed E-state index contributed by atoms with van der Waals surface area (Å²) in [7, 11) is 1.48. The molecule has 10 nitrogen and oxygen atoms in total. The summed E-state index contributed by atoms with van der Waals surface area (Å²) >= 11 is 0. The van der Waals surface area contributed by atoms with E-state index in [1.54, 1.807) is 12.1 Å². The highest BCUT2D eigenvalue weighted by atomic mass is 16.6. The average molecular weight is 413 g/mol. The Balaban J connectivity index is 2.35. The molecule has 0 unspecified atom stereocenters. The molecule has 30 heavy (non-hydrogen) atoms. The highest BCUT2D eigenvalue weighted by molar-refractivity contribution is 6.06. The molecule has 0 bridgehead atoms. The summed E-state index contributed by atoms with van der Waals surface area (Å²) in [5, 5.41) is 24.6. The number of nitrogens with zero attached hydrogens (tertiary/aromatic N) is 1. The van der Waals surface area contributed by atoms with Gasteiger partial charge in [-0.1, -0.05) is 12.1 Å². The first-order valence-electron chi connectivity index (χ1n) is 8.66. The van der Waals surface area contributed by atoms with E-state index in [0.717, 1.165) is 0 Å². The summed E-state index contributed by atoms with van der Waals surface area (Å²) in [5.41, 5.74) is 0.0143. The van der Waals surface area contributed by atoms with E-state index in [2.05, 4.69) is 10.6 Å². The molecule has 2 rings (SSSR count). The highest BCUT2D eigenvalue weighted by Crippen LogP contribution is 2.16. The molecule has 0 aliphatic heterocycles. The Bertz CT molecular complexity index is 1000. The number of amides is 2. The van der Waals surface area contributed by atoms with Gasteiger partial charge < -0.3 is 20.5 Å². The number of non-ortho nitro benzene ring substituents is 1. The van der Waals surface area contributed by atoms with Gasteiger partial charge in [-0.05, 0) is 42.8 Å². The Labute approximate surface area is 171 Å². The van der Waals surface area contributed by atoms with E-state index in [1.807, 2.05) is 0 Å².